The van der Waals surface area contributed by atoms with Crippen LogP contribution in [-0.2, 0) is 6.54 Å². The fourth-order valence-corrected chi connectivity index (χ4v) is 3.68. The Morgan fingerprint density at radius 3 is 2.96 bits per heavy atom. The predicted molar refractivity (Wildman–Crippen MR) is 112 cm³/mol. The van der Waals surface area contributed by atoms with Gasteiger partial charge in [0.15, 0.2) is 5.65 Å². The van der Waals surface area contributed by atoms with Crippen LogP contribution in [0.25, 0.3) is 5.65 Å². The molecule has 0 atom stereocenters. The van der Waals surface area contributed by atoms with Gasteiger partial charge in [-0.05, 0) is 37.6 Å². The molecule has 0 saturated heterocycles. The molecule has 28 heavy (non-hydrogen) atoms. The smallest absolute Gasteiger partial charge is 0.261 e. The van der Waals surface area contributed by atoms with Gasteiger partial charge in [-0.3, -0.25) is 9.59 Å². The summed E-state index contributed by atoms with van der Waals surface area (Å²) >= 11 is 2.16. The number of rotatable bonds is 5. The predicted octanol–water partition coefficient (Wildman–Crippen LogP) is 3.12. The monoisotopic (exact) mass is 491 g/mol. The first-order chi connectivity index (χ1) is 13.5. The summed E-state index contributed by atoms with van der Waals surface area (Å²) in [5.41, 5.74) is 2.84. The van der Waals surface area contributed by atoms with Crippen LogP contribution in [0.2, 0.25) is 0 Å². The minimum Gasteiger partial charge on any atom is -0.489 e. The average molecular weight is 491 g/mol. The van der Waals surface area contributed by atoms with Gasteiger partial charge in [0, 0.05) is 24.5 Å². The lowest BCUT2D eigenvalue weighted by Gasteiger charge is -2.16. The van der Waals surface area contributed by atoms with Gasteiger partial charge >= 0.3 is 0 Å². The van der Waals surface area contributed by atoms with Crippen molar-refractivity contribution in [2.75, 3.05) is 9.87 Å². The van der Waals surface area contributed by atoms with E-state index in [1.54, 1.807) is 33.9 Å². The molecule has 2 amide bonds. The van der Waals surface area contributed by atoms with E-state index in [2.05, 4.69) is 38.0 Å². The number of nitrogens with one attached hydrogen (secondary N) is 1. The highest BCUT2D eigenvalue weighted by Gasteiger charge is 2.29. The molecule has 3 aromatic rings. The molecular weight excluding hydrogens is 473 g/mol. The Morgan fingerprint density at radius 2 is 2.21 bits per heavy atom. The van der Waals surface area contributed by atoms with Crippen molar-refractivity contribution >= 4 is 45.7 Å². The van der Waals surface area contributed by atoms with Gasteiger partial charge in [0.25, 0.3) is 11.8 Å². The standard InChI is InChI=1S/C19H18IN5O3/c1-11(2)28-16-7-13-12(9-24(10-20)19(13)27)6-15(16)23-18(26)14-8-22-25-5-3-4-21-17(14)25/h3-8,11H,9-10H2,1-2H3,(H,23,26). The van der Waals surface area contributed by atoms with Gasteiger partial charge in [0.1, 0.15) is 11.3 Å². The molecule has 1 aliphatic heterocycles. The van der Waals surface area contributed by atoms with E-state index in [0.717, 1.165) is 5.56 Å². The molecule has 9 heteroatoms. The molecular formula is C19H18IN5O3. The van der Waals surface area contributed by atoms with Crippen molar-refractivity contribution in [1.82, 2.24) is 19.5 Å². The Bertz CT molecular complexity index is 1080. The molecule has 0 aliphatic carbocycles. The van der Waals surface area contributed by atoms with Crippen molar-refractivity contribution in [2.45, 2.75) is 26.5 Å². The number of carbonyl (C=O) groups excluding carboxylic acids is 2. The lowest BCUT2D eigenvalue weighted by Crippen LogP contribution is -2.21. The number of hydrogen-bond acceptors (Lipinski definition) is 5. The SMILES string of the molecule is CC(C)Oc1cc2c(cc1NC(=O)c1cnn3cccnc13)CN(CI)C2=O. The summed E-state index contributed by atoms with van der Waals surface area (Å²) in [7, 11) is 0. The van der Waals surface area contributed by atoms with E-state index >= 15 is 0 Å². The first kappa shape index (κ1) is 18.7. The second-order valence-electron chi connectivity index (χ2n) is 6.69. The molecule has 0 saturated carbocycles. The molecule has 1 aliphatic rings. The van der Waals surface area contributed by atoms with Crippen LogP contribution in [0.5, 0.6) is 5.75 Å². The maximum absolute atomic E-state index is 12.9. The summed E-state index contributed by atoms with van der Waals surface area (Å²) in [4.78, 5) is 31.3. The first-order valence-electron chi connectivity index (χ1n) is 8.76. The highest BCUT2D eigenvalue weighted by Crippen LogP contribution is 2.35. The van der Waals surface area contributed by atoms with Crippen molar-refractivity contribution < 1.29 is 14.3 Å². The molecule has 0 bridgehead atoms. The number of anilines is 1. The number of hydrogen-bond donors (Lipinski definition) is 1. The Labute approximate surface area is 175 Å². The number of fused-ring (bicyclic) bond motifs is 2. The Hall–Kier alpha value is -2.69. The van der Waals surface area contributed by atoms with Gasteiger partial charge in [0.2, 0.25) is 0 Å². The van der Waals surface area contributed by atoms with E-state index in [4.69, 9.17) is 4.74 Å². The number of amides is 2. The van der Waals surface area contributed by atoms with E-state index in [1.165, 1.54) is 6.20 Å². The zero-order chi connectivity index (χ0) is 19.8. The third kappa shape index (κ3) is 3.30. The maximum atomic E-state index is 12.9. The quantitative estimate of drug-likeness (QED) is 0.337. The van der Waals surface area contributed by atoms with Crippen LogP contribution in [0.15, 0.2) is 36.8 Å². The lowest BCUT2D eigenvalue weighted by molar-refractivity contribution is 0.0811. The van der Waals surface area contributed by atoms with Gasteiger partial charge in [-0.2, -0.15) is 5.10 Å². The van der Waals surface area contributed by atoms with Gasteiger partial charge < -0.3 is 15.0 Å². The molecule has 3 heterocycles. The number of alkyl halides is 1. The van der Waals surface area contributed by atoms with E-state index in [9.17, 15) is 9.59 Å². The topological polar surface area (TPSA) is 88.8 Å². The van der Waals surface area contributed by atoms with Crippen molar-refractivity contribution in [2.24, 2.45) is 0 Å². The fourth-order valence-electron chi connectivity index (χ4n) is 3.13. The highest BCUT2D eigenvalue weighted by atomic mass is 127. The number of carbonyl (C=O) groups is 2. The van der Waals surface area contributed by atoms with Crippen molar-refractivity contribution in [3.63, 3.8) is 0 Å². The third-order valence-corrected chi connectivity index (χ3v) is 5.19. The summed E-state index contributed by atoms with van der Waals surface area (Å²) in [6.07, 6.45) is 4.71. The second-order valence-corrected chi connectivity index (χ2v) is 7.38. The number of halogens is 1. The minimum absolute atomic E-state index is 0.0253. The molecule has 0 unspecified atom stereocenters. The van der Waals surface area contributed by atoms with E-state index in [0.29, 0.717) is 39.3 Å². The summed E-state index contributed by atoms with van der Waals surface area (Å²) < 4.78 is 8.01. The van der Waals surface area contributed by atoms with Gasteiger partial charge in [0.05, 0.1) is 22.5 Å². The number of ether oxygens (including phenoxy) is 1. The summed E-state index contributed by atoms with van der Waals surface area (Å²) in [5, 5.41) is 7.05. The third-order valence-electron chi connectivity index (χ3n) is 4.36. The summed E-state index contributed by atoms with van der Waals surface area (Å²) in [6.45, 7) is 4.31. The molecule has 1 aromatic carbocycles. The van der Waals surface area contributed by atoms with E-state index in [1.807, 2.05) is 19.9 Å². The molecule has 8 nitrogen and oxygen atoms in total. The first-order valence-corrected chi connectivity index (χ1v) is 10.3. The summed E-state index contributed by atoms with van der Waals surface area (Å²) in [6, 6.07) is 5.27. The zero-order valence-electron chi connectivity index (χ0n) is 15.3. The van der Waals surface area contributed by atoms with Crippen molar-refractivity contribution in [1.29, 1.82) is 0 Å². The molecule has 4 rings (SSSR count). The van der Waals surface area contributed by atoms with Gasteiger partial charge in [-0.1, -0.05) is 22.6 Å². The van der Waals surface area contributed by atoms with Crippen LogP contribution in [0.4, 0.5) is 5.69 Å². The van der Waals surface area contributed by atoms with Crippen LogP contribution >= 0.6 is 22.6 Å². The fraction of sp³-hybridized carbons (Fsp3) is 0.263. The second kappa shape index (κ2) is 7.38. The van der Waals surface area contributed by atoms with Crippen LogP contribution < -0.4 is 10.1 Å². The summed E-state index contributed by atoms with van der Waals surface area (Å²) in [5.74, 6) is 0.107. The Kier molecular flexibility index (Phi) is 4.92. The van der Waals surface area contributed by atoms with Gasteiger partial charge in [-0.15, -0.1) is 0 Å². The molecule has 144 valence electrons. The van der Waals surface area contributed by atoms with Crippen LogP contribution in [0.1, 0.15) is 40.1 Å². The largest absolute Gasteiger partial charge is 0.489 e. The van der Waals surface area contributed by atoms with Gasteiger partial charge in [-0.25, -0.2) is 9.50 Å². The maximum Gasteiger partial charge on any atom is 0.261 e. The highest BCUT2D eigenvalue weighted by molar-refractivity contribution is 14.1. The number of benzene rings is 1. The normalized spacial score (nSPS) is 13.3. The molecule has 0 radical (unpaired) electrons. The Balaban J connectivity index is 1.70. The number of aromatic nitrogens is 3. The molecule has 0 fully saturated rings. The Morgan fingerprint density at radius 1 is 1.39 bits per heavy atom. The van der Waals surface area contributed by atoms with Crippen LogP contribution in [-0.4, -0.2) is 42.0 Å². The lowest BCUT2D eigenvalue weighted by atomic mass is 10.1. The van der Waals surface area contributed by atoms with Crippen molar-refractivity contribution in [3.05, 3.63) is 53.5 Å². The molecule has 0 spiro atoms. The molecule has 1 N–H and O–H groups in total. The zero-order valence-corrected chi connectivity index (χ0v) is 17.5. The van der Waals surface area contributed by atoms with Crippen molar-refractivity contribution in [3.8, 4) is 5.75 Å². The average Bonchev–Trinajstić information content (AvgIpc) is 3.23. The number of nitrogens with zero attached hydrogens (tertiary/aromatic N) is 4. The van der Waals surface area contributed by atoms with Crippen LogP contribution in [0, 0.1) is 0 Å². The van der Waals surface area contributed by atoms with Crippen LogP contribution in [0.3, 0.4) is 0 Å². The molecule has 2 aromatic heterocycles. The van der Waals surface area contributed by atoms with E-state index in [-0.39, 0.29) is 17.9 Å². The van der Waals surface area contributed by atoms with E-state index < -0.39 is 0 Å². The minimum atomic E-state index is -0.336.